The number of guanidine groups is 1. The second-order valence-corrected chi connectivity index (χ2v) is 5.85. The molecule has 0 radical (unpaired) electrons. The number of hydrogen-bond acceptors (Lipinski definition) is 3. The first kappa shape index (κ1) is 23.4. The maximum absolute atomic E-state index is 5.53. The van der Waals surface area contributed by atoms with Gasteiger partial charge in [0.25, 0.3) is 0 Å². The molecule has 1 unspecified atom stereocenters. The number of nitrogens with one attached hydrogen (secondary N) is 2. The second-order valence-electron chi connectivity index (χ2n) is 5.85. The molecule has 1 aromatic rings. The van der Waals surface area contributed by atoms with Gasteiger partial charge in [-0.15, -0.1) is 30.4 Å². The van der Waals surface area contributed by atoms with Crippen molar-refractivity contribution in [1.82, 2.24) is 10.6 Å². The van der Waals surface area contributed by atoms with Crippen LogP contribution in [0.4, 0.5) is 0 Å². The summed E-state index contributed by atoms with van der Waals surface area (Å²) in [5, 5.41) is 6.68. The monoisotopic (exact) mass is 459 g/mol. The van der Waals surface area contributed by atoms with Gasteiger partial charge in [-0.05, 0) is 37.5 Å². The molecule has 0 saturated carbocycles. The van der Waals surface area contributed by atoms with Gasteiger partial charge < -0.3 is 20.1 Å². The van der Waals surface area contributed by atoms with Crippen LogP contribution in [0.5, 0.6) is 11.5 Å². The number of benzene rings is 1. The number of rotatable bonds is 8. The first-order chi connectivity index (χ1) is 11.5. The summed E-state index contributed by atoms with van der Waals surface area (Å²) in [7, 11) is 1.61. The van der Waals surface area contributed by atoms with Gasteiger partial charge in [-0.3, -0.25) is 0 Å². The zero-order valence-electron chi connectivity index (χ0n) is 15.8. The third-order valence-electron chi connectivity index (χ3n) is 3.67. The van der Waals surface area contributed by atoms with Gasteiger partial charge in [0.1, 0.15) is 6.61 Å². The van der Waals surface area contributed by atoms with E-state index in [0.29, 0.717) is 30.0 Å². The molecule has 5 nitrogen and oxygen atoms in total. The molecule has 1 aromatic carbocycles. The molecule has 0 aromatic heterocycles. The summed E-state index contributed by atoms with van der Waals surface area (Å²) in [5.74, 6) is 5.09. The highest BCUT2D eigenvalue weighted by atomic mass is 127. The van der Waals surface area contributed by atoms with Crippen molar-refractivity contribution in [2.24, 2.45) is 10.9 Å². The minimum atomic E-state index is 0. The van der Waals surface area contributed by atoms with Gasteiger partial charge in [-0.2, -0.15) is 0 Å². The van der Waals surface area contributed by atoms with Gasteiger partial charge in [0.05, 0.1) is 13.7 Å². The van der Waals surface area contributed by atoms with Crippen molar-refractivity contribution in [1.29, 1.82) is 0 Å². The molecule has 2 N–H and O–H groups in total. The van der Waals surface area contributed by atoms with E-state index in [1.54, 1.807) is 7.11 Å². The van der Waals surface area contributed by atoms with Crippen LogP contribution in [0.25, 0.3) is 0 Å². The van der Waals surface area contributed by atoms with Crippen molar-refractivity contribution in [2.75, 3.05) is 20.3 Å². The van der Waals surface area contributed by atoms with E-state index in [0.717, 1.165) is 18.1 Å². The fraction of sp³-hybridized carbons (Fsp3) is 0.526. The third-order valence-corrected chi connectivity index (χ3v) is 3.67. The van der Waals surface area contributed by atoms with Crippen LogP contribution >= 0.6 is 24.0 Å². The van der Waals surface area contributed by atoms with Crippen molar-refractivity contribution < 1.29 is 9.47 Å². The van der Waals surface area contributed by atoms with Crippen LogP contribution in [0.2, 0.25) is 0 Å². The summed E-state index contributed by atoms with van der Waals surface area (Å²) >= 11 is 0. The normalized spacial score (nSPS) is 12.0. The Morgan fingerprint density at radius 2 is 2.00 bits per heavy atom. The summed E-state index contributed by atoms with van der Waals surface area (Å²) in [4.78, 5) is 4.64. The summed E-state index contributed by atoms with van der Waals surface area (Å²) < 4.78 is 10.8. The van der Waals surface area contributed by atoms with Crippen LogP contribution in [0.15, 0.2) is 23.2 Å². The van der Waals surface area contributed by atoms with E-state index in [1.807, 2.05) is 18.2 Å². The fourth-order valence-electron chi connectivity index (χ4n) is 1.92. The zero-order valence-corrected chi connectivity index (χ0v) is 18.1. The number of aliphatic imine (C=N–C) groups is 1. The Hall–Kier alpha value is -1.62. The van der Waals surface area contributed by atoms with Crippen LogP contribution in [0, 0.1) is 18.3 Å². The molecule has 0 aliphatic carbocycles. The van der Waals surface area contributed by atoms with E-state index in [4.69, 9.17) is 15.9 Å². The summed E-state index contributed by atoms with van der Waals surface area (Å²) in [6, 6.07) is 6.09. The van der Waals surface area contributed by atoms with Crippen molar-refractivity contribution in [3.8, 4) is 23.8 Å². The van der Waals surface area contributed by atoms with Gasteiger partial charge in [0.2, 0.25) is 0 Å². The first-order valence-electron chi connectivity index (χ1n) is 8.29. The van der Waals surface area contributed by atoms with Gasteiger partial charge in [0, 0.05) is 12.6 Å². The van der Waals surface area contributed by atoms with Gasteiger partial charge >= 0.3 is 0 Å². The predicted octanol–water partition coefficient (Wildman–Crippen LogP) is 3.42. The van der Waals surface area contributed by atoms with E-state index >= 15 is 0 Å². The molecule has 0 aliphatic heterocycles. The minimum Gasteiger partial charge on any atom is -0.493 e. The van der Waals surface area contributed by atoms with Crippen LogP contribution in [-0.4, -0.2) is 32.3 Å². The highest BCUT2D eigenvalue weighted by Gasteiger charge is 2.09. The molecule has 1 rings (SSSR count). The summed E-state index contributed by atoms with van der Waals surface area (Å²) in [6.45, 7) is 10.1. The maximum atomic E-state index is 5.53. The lowest BCUT2D eigenvalue weighted by atomic mass is 10.1. The Kier molecular flexibility index (Phi) is 11.9. The second kappa shape index (κ2) is 12.7. The van der Waals surface area contributed by atoms with Crippen molar-refractivity contribution >= 4 is 29.9 Å². The minimum absolute atomic E-state index is 0. The lowest BCUT2D eigenvalue weighted by Gasteiger charge is -2.20. The first-order valence-corrected chi connectivity index (χ1v) is 8.29. The molecule has 0 fully saturated rings. The average molecular weight is 459 g/mol. The lowest BCUT2D eigenvalue weighted by Crippen LogP contribution is -2.44. The number of ether oxygens (including phenoxy) is 2. The van der Waals surface area contributed by atoms with E-state index < -0.39 is 0 Å². The van der Waals surface area contributed by atoms with Crippen LogP contribution in [0.1, 0.15) is 33.3 Å². The maximum Gasteiger partial charge on any atom is 0.191 e. The van der Waals surface area contributed by atoms with E-state index in [2.05, 4.69) is 49.2 Å². The smallest absolute Gasteiger partial charge is 0.191 e. The van der Waals surface area contributed by atoms with E-state index in [-0.39, 0.29) is 30.6 Å². The van der Waals surface area contributed by atoms with Crippen LogP contribution < -0.4 is 20.1 Å². The molecular weight excluding hydrogens is 429 g/mol. The largest absolute Gasteiger partial charge is 0.493 e. The highest BCUT2D eigenvalue weighted by molar-refractivity contribution is 14.0. The van der Waals surface area contributed by atoms with Crippen molar-refractivity contribution in [2.45, 2.75) is 40.3 Å². The Balaban J connectivity index is 0.00000576. The number of nitrogens with zero attached hydrogens (tertiary/aromatic N) is 1. The molecule has 0 spiro atoms. The summed E-state index contributed by atoms with van der Waals surface area (Å²) in [5.41, 5.74) is 1.03. The number of methoxy groups -OCH3 is 1. The molecule has 0 amide bonds. The Bertz CT molecular complexity index is 583. The Morgan fingerprint density at radius 3 is 2.56 bits per heavy atom. The van der Waals surface area contributed by atoms with E-state index in [1.165, 1.54) is 0 Å². The standard InChI is InChI=1S/C19H29N3O2.HI/c1-7-11-24-18-12-16(9-10-17(18)23-6)13-21-19(20-8-2)22-15(5)14(3)4;/h1,9-10,12,14-15H,8,11,13H2,2-6H3,(H2,20,21,22);1H. The predicted molar refractivity (Wildman–Crippen MR) is 115 cm³/mol. The molecule has 6 heteroatoms. The van der Waals surface area contributed by atoms with Gasteiger partial charge in [0.15, 0.2) is 17.5 Å². The third kappa shape index (κ3) is 8.34. The Labute approximate surface area is 169 Å². The number of terminal acetylenes is 1. The fourth-order valence-corrected chi connectivity index (χ4v) is 1.92. The molecule has 0 bridgehead atoms. The number of hydrogen-bond donors (Lipinski definition) is 2. The topological polar surface area (TPSA) is 54.9 Å². The van der Waals surface area contributed by atoms with Gasteiger partial charge in [-0.25, -0.2) is 4.99 Å². The quantitative estimate of drug-likeness (QED) is 0.271. The van der Waals surface area contributed by atoms with Crippen molar-refractivity contribution in [3.63, 3.8) is 0 Å². The van der Waals surface area contributed by atoms with Crippen LogP contribution in [-0.2, 0) is 6.54 Å². The lowest BCUT2D eigenvalue weighted by molar-refractivity contribution is 0.330. The zero-order chi connectivity index (χ0) is 17.9. The SMILES string of the molecule is C#CCOc1cc(CN=C(NCC)NC(C)C(C)C)ccc1OC.I. The molecule has 0 heterocycles. The van der Waals surface area contributed by atoms with Gasteiger partial charge in [-0.1, -0.05) is 25.8 Å². The molecular formula is C19H30IN3O2. The van der Waals surface area contributed by atoms with Crippen LogP contribution in [0.3, 0.4) is 0 Å². The summed E-state index contributed by atoms with van der Waals surface area (Å²) in [6.07, 6.45) is 5.25. The molecule has 25 heavy (non-hydrogen) atoms. The highest BCUT2D eigenvalue weighted by Crippen LogP contribution is 2.28. The molecule has 1 atom stereocenters. The molecule has 0 saturated heterocycles. The van der Waals surface area contributed by atoms with Crippen molar-refractivity contribution in [3.05, 3.63) is 23.8 Å². The molecule has 0 aliphatic rings. The average Bonchev–Trinajstić information content (AvgIpc) is 2.57. The Morgan fingerprint density at radius 1 is 1.28 bits per heavy atom. The molecule has 140 valence electrons. The number of halogens is 1. The van der Waals surface area contributed by atoms with E-state index in [9.17, 15) is 0 Å².